The predicted octanol–water partition coefficient (Wildman–Crippen LogP) is 2.87. The minimum absolute atomic E-state index is 0.189. The van der Waals surface area contributed by atoms with Crippen LogP contribution in [-0.2, 0) is 26.0 Å². The highest BCUT2D eigenvalue weighted by Gasteiger charge is 2.32. The van der Waals surface area contributed by atoms with Crippen LogP contribution in [0.5, 0.6) is 5.75 Å². The van der Waals surface area contributed by atoms with Crippen LogP contribution < -0.4 is 15.4 Å². The van der Waals surface area contributed by atoms with E-state index in [1.165, 1.54) is 11.2 Å². The Kier molecular flexibility index (Phi) is 7.91. The number of amides is 2. The summed E-state index contributed by atoms with van der Waals surface area (Å²) in [7, 11) is -2.11. The average molecular weight is 510 g/mol. The zero-order chi connectivity index (χ0) is 25.7. The fourth-order valence-electron chi connectivity index (χ4n) is 4.65. The van der Waals surface area contributed by atoms with Crippen LogP contribution in [-0.4, -0.2) is 56.8 Å². The lowest BCUT2D eigenvalue weighted by Gasteiger charge is -2.32. The predicted molar refractivity (Wildman–Crippen MR) is 138 cm³/mol. The van der Waals surface area contributed by atoms with E-state index in [2.05, 4.69) is 10.6 Å². The second kappa shape index (κ2) is 11.1. The number of fused-ring (bicyclic) bond motifs is 1. The zero-order valence-electron chi connectivity index (χ0n) is 20.4. The summed E-state index contributed by atoms with van der Waals surface area (Å²) in [5, 5.41) is 7.31. The third-order valence-electron chi connectivity index (χ3n) is 6.48. The van der Waals surface area contributed by atoms with Gasteiger partial charge in [-0.05, 0) is 35.9 Å². The third-order valence-corrected chi connectivity index (χ3v) is 8.44. The van der Waals surface area contributed by atoms with Gasteiger partial charge in [0, 0.05) is 37.9 Å². The molecule has 8 nitrogen and oxygen atoms in total. The van der Waals surface area contributed by atoms with Gasteiger partial charge < -0.3 is 15.4 Å². The molecule has 190 valence electrons. The van der Waals surface area contributed by atoms with E-state index in [1.807, 2.05) is 54.6 Å². The molecule has 0 aliphatic carbocycles. The van der Waals surface area contributed by atoms with Gasteiger partial charge in [0.05, 0.1) is 12.0 Å². The maximum Gasteiger partial charge on any atom is 0.243 e. The van der Waals surface area contributed by atoms with Gasteiger partial charge in [-0.2, -0.15) is 4.31 Å². The van der Waals surface area contributed by atoms with Crippen molar-refractivity contribution in [3.05, 3.63) is 72.3 Å². The monoisotopic (exact) mass is 509 g/mol. The van der Waals surface area contributed by atoms with Crippen molar-refractivity contribution in [3.63, 3.8) is 0 Å². The first-order valence-corrected chi connectivity index (χ1v) is 13.4. The average Bonchev–Trinajstić information content (AvgIpc) is 2.88. The van der Waals surface area contributed by atoms with Crippen molar-refractivity contribution in [2.75, 3.05) is 20.2 Å². The Labute approximate surface area is 211 Å². The molecule has 2 N–H and O–H groups in total. The van der Waals surface area contributed by atoms with Gasteiger partial charge in [0.1, 0.15) is 11.8 Å². The van der Waals surface area contributed by atoms with Gasteiger partial charge in [0.25, 0.3) is 0 Å². The fraction of sp³-hybridized carbons (Fsp3) is 0.333. The van der Waals surface area contributed by atoms with Crippen molar-refractivity contribution in [3.8, 4) is 5.75 Å². The normalized spacial score (nSPS) is 15.8. The molecule has 1 aliphatic rings. The van der Waals surface area contributed by atoms with Gasteiger partial charge in [0.2, 0.25) is 21.8 Å². The molecule has 0 radical (unpaired) electrons. The lowest BCUT2D eigenvalue weighted by atomic mass is 10.0. The molecule has 0 unspecified atom stereocenters. The van der Waals surface area contributed by atoms with Crippen molar-refractivity contribution in [1.82, 2.24) is 14.9 Å². The van der Waals surface area contributed by atoms with E-state index >= 15 is 0 Å². The van der Waals surface area contributed by atoms with E-state index < -0.39 is 16.1 Å². The van der Waals surface area contributed by atoms with Gasteiger partial charge in [0.15, 0.2) is 0 Å². The molecule has 0 saturated carbocycles. The maximum absolute atomic E-state index is 13.4. The minimum Gasteiger partial charge on any atom is -0.496 e. The number of nitrogens with one attached hydrogen (secondary N) is 2. The third kappa shape index (κ3) is 5.68. The first-order valence-electron chi connectivity index (χ1n) is 12.0. The van der Waals surface area contributed by atoms with E-state index in [4.69, 9.17) is 4.74 Å². The summed E-state index contributed by atoms with van der Waals surface area (Å²) in [4.78, 5) is 25.2. The van der Waals surface area contributed by atoms with Crippen LogP contribution in [0.25, 0.3) is 10.8 Å². The molecule has 1 aliphatic heterocycles. The molecule has 1 heterocycles. The molecule has 1 saturated heterocycles. The SMILES string of the molecule is COc1ccccc1C[C@@H](NC(C)=O)C(=O)NC1CCN(S(=O)(=O)c2cccc3ccccc23)CC1. The van der Waals surface area contributed by atoms with E-state index in [0.717, 1.165) is 10.9 Å². The van der Waals surface area contributed by atoms with E-state index in [-0.39, 0.29) is 24.3 Å². The Morgan fingerprint density at radius 1 is 1.00 bits per heavy atom. The first-order chi connectivity index (χ1) is 17.3. The molecule has 1 fully saturated rings. The van der Waals surface area contributed by atoms with Crippen molar-refractivity contribution in [2.45, 2.75) is 43.2 Å². The highest BCUT2D eigenvalue weighted by atomic mass is 32.2. The Bertz CT molecular complexity index is 1350. The summed E-state index contributed by atoms with van der Waals surface area (Å²) in [6, 6.07) is 19.1. The van der Waals surface area contributed by atoms with E-state index in [1.54, 1.807) is 19.2 Å². The summed E-state index contributed by atoms with van der Waals surface area (Å²) in [6.07, 6.45) is 1.25. The van der Waals surface area contributed by atoms with Gasteiger partial charge in [-0.3, -0.25) is 9.59 Å². The number of nitrogens with zero attached hydrogens (tertiary/aromatic N) is 1. The molecule has 4 rings (SSSR count). The zero-order valence-corrected chi connectivity index (χ0v) is 21.3. The second-order valence-corrected chi connectivity index (χ2v) is 10.8. The first kappa shape index (κ1) is 25.7. The summed E-state index contributed by atoms with van der Waals surface area (Å²) in [5.74, 6) is 0.0418. The quantitative estimate of drug-likeness (QED) is 0.486. The number of rotatable bonds is 8. The fourth-order valence-corrected chi connectivity index (χ4v) is 6.33. The number of piperidine rings is 1. The van der Waals surface area contributed by atoms with Crippen LogP contribution in [0, 0.1) is 0 Å². The standard InChI is InChI=1S/C27H31N3O5S/c1-19(31)28-24(18-21-9-4-6-12-25(21)35-2)27(32)29-22-14-16-30(17-15-22)36(33,34)26-13-7-10-20-8-3-5-11-23(20)26/h3-13,22,24H,14-18H2,1-2H3,(H,28,31)(H,29,32)/t24-/m1/s1. The molecule has 3 aromatic rings. The lowest BCUT2D eigenvalue weighted by molar-refractivity contribution is -0.128. The molecular weight excluding hydrogens is 478 g/mol. The Hall–Kier alpha value is -3.43. The number of benzene rings is 3. The summed E-state index contributed by atoms with van der Waals surface area (Å²) < 4.78 is 33.7. The van der Waals surface area contributed by atoms with Crippen LogP contribution in [0.4, 0.5) is 0 Å². The lowest BCUT2D eigenvalue weighted by Crippen LogP contribution is -2.53. The summed E-state index contributed by atoms with van der Waals surface area (Å²) in [6.45, 7) is 1.97. The van der Waals surface area contributed by atoms with Gasteiger partial charge in [-0.15, -0.1) is 0 Å². The van der Waals surface area contributed by atoms with Gasteiger partial charge in [-0.25, -0.2) is 8.42 Å². The molecule has 1 atom stereocenters. The Morgan fingerprint density at radius 3 is 2.39 bits per heavy atom. The Balaban J connectivity index is 1.42. The molecule has 2 amide bonds. The number of hydrogen-bond donors (Lipinski definition) is 2. The number of ether oxygens (including phenoxy) is 1. The molecule has 0 aromatic heterocycles. The van der Waals surface area contributed by atoms with Crippen LogP contribution in [0.1, 0.15) is 25.3 Å². The highest BCUT2D eigenvalue weighted by molar-refractivity contribution is 7.89. The molecule has 0 bridgehead atoms. The molecule has 0 spiro atoms. The number of carbonyl (C=O) groups is 2. The molecular formula is C27H31N3O5S. The largest absolute Gasteiger partial charge is 0.496 e. The molecule has 36 heavy (non-hydrogen) atoms. The van der Waals surface area contributed by atoms with Crippen LogP contribution in [0.3, 0.4) is 0 Å². The van der Waals surface area contributed by atoms with E-state index in [9.17, 15) is 18.0 Å². The molecule has 9 heteroatoms. The summed E-state index contributed by atoms with van der Waals surface area (Å²) >= 11 is 0. The van der Waals surface area contributed by atoms with Crippen molar-refractivity contribution in [2.24, 2.45) is 0 Å². The molecule has 3 aromatic carbocycles. The van der Waals surface area contributed by atoms with Crippen molar-refractivity contribution < 1.29 is 22.7 Å². The highest BCUT2D eigenvalue weighted by Crippen LogP contribution is 2.27. The number of hydrogen-bond acceptors (Lipinski definition) is 5. The van der Waals surface area contributed by atoms with Gasteiger partial charge >= 0.3 is 0 Å². The number of para-hydroxylation sites is 1. The number of carbonyl (C=O) groups excluding carboxylic acids is 2. The van der Waals surface area contributed by atoms with Crippen LogP contribution >= 0.6 is 0 Å². The topological polar surface area (TPSA) is 105 Å². The van der Waals surface area contributed by atoms with Gasteiger partial charge in [-0.1, -0.05) is 54.6 Å². The number of sulfonamides is 1. The van der Waals surface area contributed by atoms with E-state index in [0.29, 0.717) is 42.0 Å². The minimum atomic E-state index is -3.67. The second-order valence-electron chi connectivity index (χ2n) is 8.93. The smallest absolute Gasteiger partial charge is 0.243 e. The van der Waals surface area contributed by atoms with Crippen molar-refractivity contribution >= 4 is 32.6 Å². The maximum atomic E-state index is 13.4. The van der Waals surface area contributed by atoms with Crippen LogP contribution in [0.15, 0.2) is 71.6 Å². The summed E-state index contributed by atoms with van der Waals surface area (Å²) in [5.41, 5.74) is 0.810. The Morgan fingerprint density at radius 2 is 1.67 bits per heavy atom. The number of methoxy groups -OCH3 is 1. The van der Waals surface area contributed by atoms with Crippen LogP contribution in [0.2, 0.25) is 0 Å². The van der Waals surface area contributed by atoms with Crippen molar-refractivity contribution in [1.29, 1.82) is 0 Å².